The lowest BCUT2D eigenvalue weighted by Crippen LogP contribution is -2.61. The van der Waals surface area contributed by atoms with Crippen molar-refractivity contribution in [3.05, 3.63) is 59.7 Å². The Morgan fingerprint density at radius 1 is 0.716 bits per heavy atom. The summed E-state index contributed by atoms with van der Waals surface area (Å²) in [7, 11) is 2.08. The van der Waals surface area contributed by atoms with Crippen LogP contribution in [0, 0.1) is 5.92 Å². The van der Waals surface area contributed by atoms with Gasteiger partial charge >= 0.3 is 0 Å². The third kappa shape index (κ3) is 21.3. The normalized spacial score (nSPS) is 25.2. The molecule has 2 aliphatic rings. The number of benzene rings is 2. The lowest BCUT2D eigenvalue weighted by atomic mass is 9.97. The van der Waals surface area contributed by atoms with E-state index in [1.807, 2.05) is 0 Å². The monoisotopic (exact) mass is 1170 g/mol. The largest absolute Gasteiger partial charge is 0.508 e. The summed E-state index contributed by atoms with van der Waals surface area (Å²) in [4.78, 5) is 156. The second-order valence-corrected chi connectivity index (χ2v) is 22.0. The second kappa shape index (κ2) is 32.4. The number of hydrogen-bond acceptors (Lipinski definition) is 17. The Morgan fingerprint density at radius 3 is 1.80 bits per heavy atom. The predicted octanol–water partition coefficient (Wildman–Crippen LogP) is -4.12. The topological polar surface area (TPSA) is 450 Å². The van der Waals surface area contributed by atoms with Crippen molar-refractivity contribution in [1.29, 1.82) is 0 Å². The van der Waals surface area contributed by atoms with Gasteiger partial charge in [0.05, 0.1) is 13.2 Å². The summed E-state index contributed by atoms with van der Waals surface area (Å²) in [6.45, 7) is 4.27. The van der Waals surface area contributed by atoms with Gasteiger partial charge < -0.3 is 85.3 Å². The highest BCUT2D eigenvalue weighted by Crippen LogP contribution is 2.26. The maximum absolute atomic E-state index is 14.4. The zero-order chi connectivity index (χ0) is 59.9. The molecule has 2 aliphatic heterocycles. The number of nitrogens with two attached hydrogens (primary N) is 3. The highest BCUT2D eigenvalue weighted by Gasteiger charge is 2.40. The Bertz CT molecular complexity index is 2590. The molecule has 2 saturated heterocycles. The van der Waals surface area contributed by atoms with Crippen LogP contribution in [0.15, 0.2) is 53.5 Å². The summed E-state index contributed by atoms with van der Waals surface area (Å²) in [5, 5.41) is 53.4. The average Bonchev–Trinajstić information content (AvgIpc) is 3.99. The highest BCUT2D eigenvalue weighted by atomic mass is 33.1. The maximum atomic E-state index is 14.4. The standard InChI is InChI=1S/C51H74N14O14S2/c1-5-26(2)41-49(78)56-22-40(70)59-37(42(52)71)24-80-81-25-38(58-28(4)67)50(79)65-19-7-9-39(65)48(77)57-27(3)43(72)61-34(20-29-10-14-31(68)15-11-29)45(74)63-36(23-66)47(76)60-33(8-6-18-55-51(53)54)44(73)62-35(46(75)64-41)21-30-12-16-32(69)17-13-30/h10-17,26-27,33-39,41,66,68-69H,5-9,18-25H2,1-4H3,(H2,52,71)(H,56,78)(H,57,77)(H,58,67)(H,59,70)(H,60,76)(H,61,72)(H,62,73)(H,63,74)(H,64,75)(H4,53,54,55)/t26-,27-,33-,34-,35-,36-,37-,38-,39-,41-/m0/s1. The molecule has 0 aromatic heterocycles. The quantitative estimate of drug-likeness (QED) is 0.0392. The molecule has 0 aliphatic carbocycles. The van der Waals surface area contributed by atoms with Gasteiger partial charge in [0.1, 0.15) is 65.9 Å². The molecule has 4 rings (SSSR count). The number of carbonyl (C=O) groups is 11. The van der Waals surface area contributed by atoms with E-state index in [2.05, 4.69) is 52.8 Å². The molecule has 2 aromatic rings. The fraction of sp³-hybridized carbons (Fsp3) is 0.529. The van der Waals surface area contributed by atoms with E-state index >= 15 is 0 Å². The van der Waals surface area contributed by atoms with Crippen molar-refractivity contribution >= 4 is 92.5 Å². The first kappa shape index (κ1) is 65.7. The number of carbonyl (C=O) groups excluding carboxylic acids is 11. The number of hydrogen-bond donors (Lipinski definition) is 15. The number of nitrogens with zero attached hydrogens (tertiary/aromatic N) is 2. The van der Waals surface area contributed by atoms with Crippen LogP contribution in [-0.4, -0.2) is 183 Å². The third-order valence-corrected chi connectivity index (χ3v) is 15.5. The molecule has 18 N–H and O–H groups in total. The number of phenolic OH excluding ortho intramolecular Hbond substituents is 2. The van der Waals surface area contributed by atoms with Crippen LogP contribution in [0.4, 0.5) is 0 Å². The number of phenols is 2. The molecule has 0 bridgehead atoms. The zero-order valence-electron chi connectivity index (χ0n) is 45.4. The smallest absolute Gasteiger partial charge is 0.246 e. The second-order valence-electron chi connectivity index (χ2n) is 19.5. The number of nitrogens with one attached hydrogen (secondary N) is 9. The van der Waals surface area contributed by atoms with Gasteiger partial charge in [0.25, 0.3) is 0 Å². The minimum absolute atomic E-state index is 0.0296. The van der Waals surface area contributed by atoms with Crippen LogP contribution in [0.2, 0.25) is 0 Å². The van der Waals surface area contributed by atoms with E-state index in [1.165, 1.54) is 67.3 Å². The van der Waals surface area contributed by atoms with E-state index in [1.54, 1.807) is 13.8 Å². The number of primary amides is 1. The van der Waals surface area contributed by atoms with E-state index in [-0.39, 0.29) is 74.2 Å². The summed E-state index contributed by atoms with van der Waals surface area (Å²) in [6.07, 6.45) is 0.288. The minimum Gasteiger partial charge on any atom is -0.508 e. The van der Waals surface area contributed by atoms with Crippen LogP contribution in [0.1, 0.15) is 70.9 Å². The van der Waals surface area contributed by atoms with Crippen molar-refractivity contribution in [3.63, 3.8) is 0 Å². The number of rotatable bonds is 13. The number of guanidine groups is 1. The molecular formula is C51H74N14O14S2. The Labute approximate surface area is 475 Å². The van der Waals surface area contributed by atoms with Crippen molar-refractivity contribution in [2.75, 3.05) is 37.7 Å². The van der Waals surface area contributed by atoms with Gasteiger partial charge in [0.2, 0.25) is 65.0 Å². The van der Waals surface area contributed by atoms with Gasteiger partial charge in [0, 0.05) is 44.4 Å². The summed E-state index contributed by atoms with van der Waals surface area (Å²) < 4.78 is 0. The minimum atomic E-state index is -1.78. The molecular weight excluding hydrogens is 1100 g/mol. The van der Waals surface area contributed by atoms with Crippen molar-refractivity contribution < 1.29 is 68.1 Å². The SMILES string of the molecule is CC[C@H](C)[C@@H]1NC(=O)[C@H](Cc2ccc(O)cc2)NC(=O)[C@H](CCCN=C(N)N)NC(=O)[C@H](CO)NC(=O)[C@H](Cc2ccc(O)cc2)NC(=O)[C@H](C)NC(=O)[C@@H]2CCCN2C(=O)[C@@H](NC(C)=O)CSSC[C@@H](C(N)=O)NC(=O)CNC1=O. The average molecular weight is 1170 g/mol. The van der Waals surface area contributed by atoms with Gasteiger partial charge in [-0.05, 0) is 73.9 Å². The molecule has 2 aromatic carbocycles. The van der Waals surface area contributed by atoms with E-state index in [4.69, 9.17) is 17.2 Å². The Hall–Kier alpha value is -7.86. The van der Waals surface area contributed by atoms with Gasteiger partial charge in [-0.2, -0.15) is 0 Å². The molecule has 30 heteroatoms. The van der Waals surface area contributed by atoms with Gasteiger partial charge in [-0.1, -0.05) is 66.1 Å². The number of aromatic hydroxyl groups is 2. The van der Waals surface area contributed by atoms with E-state index in [0.29, 0.717) is 24.0 Å². The van der Waals surface area contributed by atoms with E-state index in [9.17, 15) is 68.1 Å². The molecule has 81 heavy (non-hydrogen) atoms. The number of amides is 11. The molecule has 0 spiro atoms. The molecule has 11 amide bonds. The summed E-state index contributed by atoms with van der Waals surface area (Å²) >= 11 is 0. The van der Waals surface area contributed by atoms with Crippen LogP contribution >= 0.6 is 21.6 Å². The number of aliphatic hydroxyl groups excluding tert-OH is 1. The fourth-order valence-corrected chi connectivity index (χ4v) is 10.8. The van der Waals surface area contributed by atoms with Crippen molar-refractivity contribution in [1.82, 2.24) is 52.8 Å². The number of aliphatic hydroxyl groups is 1. The van der Waals surface area contributed by atoms with Gasteiger partial charge in [0.15, 0.2) is 5.96 Å². The first-order valence-corrected chi connectivity index (χ1v) is 28.6. The molecule has 0 saturated carbocycles. The first-order chi connectivity index (χ1) is 38.4. The predicted molar refractivity (Wildman–Crippen MR) is 299 cm³/mol. The summed E-state index contributed by atoms with van der Waals surface area (Å²) in [6, 6.07) is -1.27. The maximum Gasteiger partial charge on any atom is 0.246 e. The molecule has 444 valence electrons. The number of fused-ring (bicyclic) bond motifs is 1. The lowest BCUT2D eigenvalue weighted by molar-refractivity contribution is -0.141. The van der Waals surface area contributed by atoms with Crippen LogP contribution in [0.3, 0.4) is 0 Å². The molecule has 2 heterocycles. The van der Waals surface area contributed by atoms with Crippen molar-refractivity contribution in [3.8, 4) is 11.5 Å². The Kier molecular flexibility index (Phi) is 26.3. The lowest BCUT2D eigenvalue weighted by Gasteiger charge is -2.29. The summed E-state index contributed by atoms with van der Waals surface area (Å²) in [5.41, 5.74) is 17.5. The molecule has 2 fully saturated rings. The summed E-state index contributed by atoms with van der Waals surface area (Å²) in [5.74, 6) is -10.6. The zero-order valence-corrected chi connectivity index (χ0v) is 47.0. The van der Waals surface area contributed by atoms with Crippen LogP contribution in [0.5, 0.6) is 11.5 Å². The van der Waals surface area contributed by atoms with Gasteiger partial charge in [-0.25, -0.2) is 0 Å². The highest BCUT2D eigenvalue weighted by molar-refractivity contribution is 8.76. The Morgan fingerprint density at radius 2 is 1.25 bits per heavy atom. The van der Waals surface area contributed by atoms with Crippen LogP contribution in [-0.2, 0) is 65.6 Å². The molecule has 10 atom stereocenters. The third-order valence-electron chi connectivity index (χ3n) is 13.1. The van der Waals surface area contributed by atoms with E-state index in [0.717, 1.165) is 21.6 Å². The first-order valence-electron chi connectivity index (χ1n) is 26.1. The molecule has 28 nitrogen and oxygen atoms in total. The molecule has 0 radical (unpaired) electrons. The van der Waals surface area contributed by atoms with Crippen molar-refractivity contribution in [2.24, 2.45) is 28.1 Å². The van der Waals surface area contributed by atoms with Crippen LogP contribution in [0.25, 0.3) is 0 Å². The van der Waals surface area contributed by atoms with Gasteiger partial charge in [-0.3, -0.25) is 57.7 Å². The number of aliphatic imine (C=N–C) groups is 1. The van der Waals surface area contributed by atoms with Crippen molar-refractivity contribution in [2.45, 2.75) is 127 Å². The van der Waals surface area contributed by atoms with E-state index < -0.39 is 138 Å². The van der Waals surface area contributed by atoms with Crippen LogP contribution < -0.4 is 65.1 Å². The van der Waals surface area contributed by atoms with Gasteiger partial charge in [-0.15, -0.1) is 0 Å². The molecule has 0 unspecified atom stereocenters. The fourth-order valence-electron chi connectivity index (χ4n) is 8.44. The Balaban J connectivity index is 1.75.